The van der Waals surface area contributed by atoms with Gasteiger partial charge in [-0.25, -0.2) is 4.39 Å². The molecule has 0 fully saturated rings. The average Bonchev–Trinajstić information content (AvgIpc) is 3.25. The van der Waals surface area contributed by atoms with E-state index >= 15 is 0 Å². The Morgan fingerprint density at radius 3 is 2.31 bits per heavy atom. The summed E-state index contributed by atoms with van der Waals surface area (Å²) in [6, 6.07) is 23.0. The third kappa shape index (κ3) is 6.02. The van der Waals surface area contributed by atoms with Crippen LogP contribution in [0.25, 0.3) is 11.4 Å². The first kappa shape index (κ1) is 24.3. The van der Waals surface area contributed by atoms with Crippen LogP contribution in [0.3, 0.4) is 0 Å². The van der Waals surface area contributed by atoms with E-state index in [2.05, 4.69) is 15.5 Å². The molecule has 0 saturated heterocycles. The molecule has 8 heteroatoms. The highest BCUT2D eigenvalue weighted by molar-refractivity contribution is 7.99. The lowest BCUT2D eigenvalue weighted by Gasteiger charge is -2.11. The quantitative estimate of drug-likeness (QED) is 0.242. The Labute approximate surface area is 207 Å². The smallest absolute Gasteiger partial charge is 0.226 e. The van der Waals surface area contributed by atoms with Gasteiger partial charge in [-0.1, -0.05) is 68.1 Å². The summed E-state index contributed by atoms with van der Waals surface area (Å²) in [5, 5.41) is 11.9. The highest BCUT2D eigenvalue weighted by atomic mass is 32.2. The average molecular weight is 489 g/mol. The van der Waals surface area contributed by atoms with Gasteiger partial charge < -0.3 is 5.32 Å². The molecule has 0 aliphatic rings. The topological polar surface area (TPSA) is 76.9 Å². The van der Waals surface area contributed by atoms with E-state index < -0.39 is 0 Å². The fraction of sp³-hybridized carbons (Fsp3) is 0.185. The van der Waals surface area contributed by atoms with Crippen molar-refractivity contribution in [1.82, 2.24) is 14.8 Å². The fourth-order valence-electron chi connectivity index (χ4n) is 3.39. The van der Waals surface area contributed by atoms with E-state index in [1.165, 1.54) is 17.8 Å². The summed E-state index contributed by atoms with van der Waals surface area (Å²) < 4.78 is 16.4. The van der Waals surface area contributed by atoms with E-state index in [9.17, 15) is 14.0 Å². The molecule has 1 heterocycles. The number of carbonyl (C=O) groups is 2. The molecule has 0 saturated carbocycles. The van der Waals surface area contributed by atoms with E-state index in [0.717, 1.165) is 5.56 Å². The highest BCUT2D eigenvalue weighted by Crippen LogP contribution is 2.27. The monoisotopic (exact) mass is 488 g/mol. The zero-order valence-electron chi connectivity index (χ0n) is 19.4. The van der Waals surface area contributed by atoms with Gasteiger partial charge >= 0.3 is 0 Å². The van der Waals surface area contributed by atoms with Crippen molar-refractivity contribution in [3.63, 3.8) is 0 Å². The van der Waals surface area contributed by atoms with Crippen LogP contribution in [0, 0.1) is 11.7 Å². The molecule has 0 bridgehead atoms. The predicted octanol–water partition coefficient (Wildman–Crippen LogP) is 5.70. The summed E-state index contributed by atoms with van der Waals surface area (Å²) in [6.45, 7) is 4.08. The number of benzene rings is 3. The summed E-state index contributed by atoms with van der Waals surface area (Å²) in [4.78, 5) is 24.7. The van der Waals surface area contributed by atoms with Crippen molar-refractivity contribution in [2.75, 3.05) is 11.1 Å². The minimum absolute atomic E-state index is 0.0805. The van der Waals surface area contributed by atoms with Gasteiger partial charge in [-0.15, -0.1) is 10.2 Å². The Hall–Kier alpha value is -3.78. The Balaban J connectivity index is 1.52. The van der Waals surface area contributed by atoms with Crippen molar-refractivity contribution in [2.24, 2.45) is 5.92 Å². The first-order valence-corrected chi connectivity index (χ1v) is 12.2. The number of thioether (sulfide) groups is 1. The molecular formula is C27H25FN4O2S. The van der Waals surface area contributed by atoms with Crippen LogP contribution in [0.4, 0.5) is 10.1 Å². The number of amides is 1. The van der Waals surface area contributed by atoms with E-state index in [0.29, 0.717) is 34.3 Å². The summed E-state index contributed by atoms with van der Waals surface area (Å²) in [5.74, 6) is -0.127. The van der Waals surface area contributed by atoms with Crippen molar-refractivity contribution in [3.8, 4) is 11.4 Å². The second-order valence-corrected chi connectivity index (χ2v) is 9.23. The van der Waals surface area contributed by atoms with Crippen LogP contribution in [0.1, 0.15) is 29.8 Å². The summed E-state index contributed by atoms with van der Waals surface area (Å²) in [7, 11) is 0. The van der Waals surface area contributed by atoms with Gasteiger partial charge in [0.05, 0.1) is 17.9 Å². The maximum atomic E-state index is 14.5. The number of nitrogens with zero attached hydrogens (tertiary/aromatic N) is 3. The summed E-state index contributed by atoms with van der Waals surface area (Å²) in [5.41, 5.74) is 2.54. The zero-order chi connectivity index (χ0) is 24.8. The van der Waals surface area contributed by atoms with Gasteiger partial charge in [0.1, 0.15) is 5.82 Å². The number of halogens is 1. The molecule has 0 unspecified atom stereocenters. The number of aromatic nitrogens is 3. The molecule has 1 aromatic heterocycles. The maximum absolute atomic E-state index is 14.5. The van der Waals surface area contributed by atoms with Crippen LogP contribution in [0.15, 0.2) is 84.0 Å². The number of hydrogen-bond acceptors (Lipinski definition) is 5. The lowest BCUT2D eigenvalue weighted by atomic mass is 10.1. The van der Waals surface area contributed by atoms with Crippen molar-refractivity contribution >= 4 is 29.1 Å². The minimum Gasteiger partial charge on any atom is -0.326 e. The van der Waals surface area contributed by atoms with Gasteiger partial charge in [0, 0.05) is 17.2 Å². The molecule has 0 aliphatic carbocycles. The Bertz CT molecular complexity index is 1320. The van der Waals surface area contributed by atoms with Crippen molar-refractivity contribution in [3.05, 3.63) is 95.8 Å². The fourth-order valence-corrected chi connectivity index (χ4v) is 4.22. The predicted molar refractivity (Wildman–Crippen MR) is 136 cm³/mol. The lowest BCUT2D eigenvalue weighted by molar-refractivity contribution is -0.118. The molecule has 0 aliphatic heterocycles. The van der Waals surface area contributed by atoms with Crippen molar-refractivity contribution in [1.29, 1.82) is 0 Å². The van der Waals surface area contributed by atoms with Gasteiger partial charge in [0.15, 0.2) is 16.8 Å². The number of carbonyl (C=O) groups excluding carboxylic acids is 2. The first-order valence-electron chi connectivity index (χ1n) is 11.2. The molecule has 3 aromatic carbocycles. The molecule has 4 rings (SSSR count). The SMILES string of the molecule is CC(C)C(=O)Nc1ccc(C(=O)CSc2nnc(-c3ccccc3F)n2Cc2ccccc2)cc1. The lowest BCUT2D eigenvalue weighted by Crippen LogP contribution is -2.17. The number of nitrogens with one attached hydrogen (secondary N) is 1. The normalized spacial score (nSPS) is 11.0. The van der Waals surface area contributed by atoms with Crippen LogP contribution in [0.2, 0.25) is 0 Å². The van der Waals surface area contributed by atoms with Gasteiger partial charge in [0.2, 0.25) is 5.91 Å². The third-order valence-corrected chi connectivity index (χ3v) is 6.31. The summed E-state index contributed by atoms with van der Waals surface area (Å²) >= 11 is 1.26. The molecule has 1 N–H and O–H groups in total. The molecule has 178 valence electrons. The molecule has 4 aromatic rings. The number of anilines is 1. The number of Topliss-reactive ketones (excluding diaryl/α,β-unsaturated/α-hetero) is 1. The van der Waals surface area contributed by atoms with E-state index in [4.69, 9.17) is 0 Å². The Kier molecular flexibility index (Phi) is 7.72. The third-order valence-electron chi connectivity index (χ3n) is 5.35. The van der Waals surface area contributed by atoms with Gasteiger partial charge in [-0.05, 0) is 42.0 Å². The highest BCUT2D eigenvalue weighted by Gasteiger charge is 2.19. The van der Waals surface area contributed by atoms with Crippen LogP contribution >= 0.6 is 11.8 Å². The molecule has 6 nitrogen and oxygen atoms in total. The Morgan fingerprint density at radius 2 is 1.63 bits per heavy atom. The minimum atomic E-state index is -0.383. The van der Waals surface area contributed by atoms with Gasteiger partial charge in [-0.3, -0.25) is 14.2 Å². The van der Waals surface area contributed by atoms with E-state index in [1.807, 2.05) is 48.7 Å². The Morgan fingerprint density at radius 1 is 0.943 bits per heavy atom. The van der Waals surface area contributed by atoms with Gasteiger partial charge in [0.25, 0.3) is 0 Å². The van der Waals surface area contributed by atoms with E-state index in [1.54, 1.807) is 42.5 Å². The van der Waals surface area contributed by atoms with Gasteiger partial charge in [-0.2, -0.15) is 0 Å². The number of ketones is 1. The van der Waals surface area contributed by atoms with Crippen LogP contribution < -0.4 is 5.32 Å². The number of rotatable bonds is 9. The van der Waals surface area contributed by atoms with E-state index in [-0.39, 0.29) is 29.2 Å². The van der Waals surface area contributed by atoms with Crippen LogP contribution in [0.5, 0.6) is 0 Å². The molecule has 0 atom stereocenters. The molecule has 1 amide bonds. The molecule has 0 radical (unpaired) electrons. The standard InChI is InChI=1S/C27H25FN4O2S/c1-18(2)26(34)29-21-14-12-20(13-15-21)24(33)17-35-27-31-30-25(22-10-6-7-11-23(22)28)32(27)16-19-8-4-3-5-9-19/h3-15,18H,16-17H2,1-2H3,(H,29,34). The van der Waals surface area contributed by atoms with Crippen molar-refractivity contribution in [2.45, 2.75) is 25.5 Å². The maximum Gasteiger partial charge on any atom is 0.226 e. The number of hydrogen-bond donors (Lipinski definition) is 1. The zero-order valence-corrected chi connectivity index (χ0v) is 20.3. The largest absolute Gasteiger partial charge is 0.326 e. The van der Waals surface area contributed by atoms with Crippen LogP contribution in [-0.4, -0.2) is 32.2 Å². The molecule has 0 spiro atoms. The first-order chi connectivity index (χ1) is 16.9. The van der Waals surface area contributed by atoms with Crippen molar-refractivity contribution < 1.29 is 14.0 Å². The summed E-state index contributed by atoms with van der Waals surface area (Å²) in [6.07, 6.45) is 0. The second kappa shape index (κ2) is 11.1. The molecular weight excluding hydrogens is 463 g/mol. The second-order valence-electron chi connectivity index (χ2n) is 8.29. The molecule has 35 heavy (non-hydrogen) atoms. The van der Waals surface area contributed by atoms with Crippen LogP contribution in [-0.2, 0) is 11.3 Å².